The average molecular weight is 546 g/mol. The van der Waals surface area contributed by atoms with E-state index >= 15 is 0 Å². The van der Waals surface area contributed by atoms with Gasteiger partial charge in [-0.1, -0.05) is 71.2 Å². The number of thioether (sulfide) groups is 1. The van der Waals surface area contributed by atoms with Crippen molar-refractivity contribution >= 4 is 62.7 Å². The van der Waals surface area contributed by atoms with Gasteiger partial charge >= 0.3 is 0 Å². The van der Waals surface area contributed by atoms with Gasteiger partial charge in [0.15, 0.2) is 0 Å². The van der Waals surface area contributed by atoms with E-state index in [9.17, 15) is 9.59 Å². The van der Waals surface area contributed by atoms with Crippen LogP contribution in [0.2, 0.25) is 10.0 Å². The smallest absolute Gasteiger partial charge is 0.242 e. The van der Waals surface area contributed by atoms with E-state index in [1.165, 1.54) is 11.8 Å². The summed E-state index contributed by atoms with van der Waals surface area (Å²) in [5.74, 6) is 0.804. The van der Waals surface area contributed by atoms with Gasteiger partial charge in [0.25, 0.3) is 0 Å². The van der Waals surface area contributed by atoms with Gasteiger partial charge in [-0.25, -0.2) is 0 Å². The summed E-state index contributed by atoms with van der Waals surface area (Å²) in [4.78, 5) is 27.4. The maximum absolute atomic E-state index is 13.1. The molecule has 0 bridgehead atoms. The van der Waals surface area contributed by atoms with Crippen LogP contribution in [-0.2, 0) is 21.9 Å². The first-order chi connectivity index (χ1) is 14.7. The molecule has 4 nitrogen and oxygen atoms in total. The molecule has 2 aromatic rings. The Hall–Kier alpha value is -1.21. The van der Waals surface area contributed by atoms with Crippen LogP contribution < -0.4 is 5.32 Å². The van der Waals surface area contributed by atoms with Gasteiger partial charge in [0.05, 0.1) is 5.75 Å². The molecule has 0 saturated heterocycles. The lowest BCUT2D eigenvalue weighted by Gasteiger charge is -2.29. The molecular formula is C23H27BrCl2N2O2S. The third-order valence-electron chi connectivity index (χ3n) is 4.63. The normalized spacial score (nSPS) is 12.0. The van der Waals surface area contributed by atoms with Crippen molar-refractivity contribution in [2.24, 2.45) is 5.92 Å². The van der Waals surface area contributed by atoms with Gasteiger partial charge in [-0.15, -0.1) is 11.8 Å². The van der Waals surface area contributed by atoms with Crippen molar-refractivity contribution < 1.29 is 9.59 Å². The van der Waals surface area contributed by atoms with Crippen LogP contribution in [0.15, 0.2) is 46.9 Å². The fourth-order valence-electron chi connectivity index (χ4n) is 2.86. The highest BCUT2D eigenvalue weighted by Crippen LogP contribution is 2.28. The molecule has 2 amide bonds. The number of hydrogen-bond acceptors (Lipinski definition) is 3. The standard InChI is InChI=1S/C23H27BrCl2N2O2S/c1-15(2)11-27-23(30)16(3)28(12-17-6-4-7-18(24)10-17)22(29)14-31-13-19-20(25)8-5-9-21(19)26/h4-10,15-16H,11-14H2,1-3H3,(H,27,30)/t16-/m1/s1. The van der Waals surface area contributed by atoms with E-state index in [1.807, 2.05) is 38.1 Å². The summed E-state index contributed by atoms with van der Waals surface area (Å²) < 4.78 is 0.928. The van der Waals surface area contributed by atoms with E-state index in [2.05, 4.69) is 21.2 Å². The van der Waals surface area contributed by atoms with E-state index < -0.39 is 6.04 Å². The highest BCUT2D eigenvalue weighted by atomic mass is 79.9. The Morgan fingerprint density at radius 2 is 1.74 bits per heavy atom. The van der Waals surface area contributed by atoms with Gasteiger partial charge in [0.2, 0.25) is 11.8 Å². The summed E-state index contributed by atoms with van der Waals surface area (Å²) in [6, 6.07) is 12.5. The number of carbonyl (C=O) groups excluding carboxylic acids is 2. The third kappa shape index (κ3) is 8.33. The van der Waals surface area contributed by atoms with E-state index in [-0.39, 0.29) is 17.6 Å². The van der Waals surface area contributed by atoms with Crippen LogP contribution in [-0.4, -0.2) is 35.1 Å². The van der Waals surface area contributed by atoms with E-state index in [1.54, 1.807) is 30.0 Å². The minimum atomic E-state index is -0.588. The van der Waals surface area contributed by atoms with Gasteiger partial charge in [-0.3, -0.25) is 9.59 Å². The van der Waals surface area contributed by atoms with Crippen molar-refractivity contribution in [3.05, 3.63) is 68.1 Å². The fourth-order valence-corrected chi connectivity index (χ4v) is 4.95. The predicted octanol–water partition coefficient (Wildman–Crippen LogP) is 6.18. The first kappa shape index (κ1) is 26.0. The number of benzene rings is 2. The Morgan fingerprint density at radius 1 is 1.10 bits per heavy atom. The molecule has 1 N–H and O–H groups in total. The first-order valence-electron chi connectivity index (χ1n) is 10.0. The molecule has 0 unspecified atom stereocenters. The van der Waals surface area contributed by atoms with Crippen molar-refractivity contribution in [3.63, 3.8) is 0 Å². The van der Waals surface area contributed by atoms with Crippen molar-refractivity contribution in [2.75, 3.05) is 12.3 Å². The monoisotopic (exact) mass is 544 g/mol. The summed E-state index contributed by atoms with van der Waals surface area (Å²) in [5, 5.41) is 4.09. The Bertz CT molecular complexity index is 891. The Labute approximate surface area is 207 Å². The number of nitrogens with one attached hydrogen (secondary N) is 1. The summed E-state index contributed by atoms with van der Waals surface area (Å²) >= 11 is 17.4. The summed E-state index contributed by atoms with van der Waals surface area (Å²) in [6.07, 6.45) is 0. The molecule has 1 atom stereocenters. The molecule has 2 aromatic carbocycles. The van der Waals surface area contributed by atoms with Gasteiger partial charge in [0, 0.05) is 33.4 Å². The largest absolute Gasteiger partial charge is 0.354 e. The number of rotatable bonds is 10. The van der Waals surface area contributed by atoms with Gasteiger partial charge in [0.1, 0.15) is 6.04 Å². The molecule has 0 aliphatic rings. The number of amides is 2. The van der Waals surface area contributed by atoms with Crippen molar-refractivity contribution in [2.45, 2.75) is 39.1 Å². The number of hydrogen-bond donors (Lipinski definition) is 1. The summed E-state index contributed by atoms with van der Waals surface area (Å²) in [5.41, 5.74) is 1.76. The topological polar surface area (TPSA) is 49.4 Å². The maximum atomic E-state index is 13.1. The lowest BCUT2D eigenvalue weighted by atomic mass is 10.1. The Morgan fingerprint density at radius 3 is 2.35 bits per heavy atom. The Kier molecular flexibility index (Phi) is 10.7. The Balaban J connectivity index is 2.10. The quantitative estimate of drug-likeness (QED) is 0.388. The lowest BCUT2D eigenvalue weighted by molar-refractivity contribution is -0.138. The van der Waals surface area contributed by atoms with E-state index in [0.717, 1.165) is 15.6 Å². The molecule has 0 aliphatic heterocycles. The summed E-state index contributed by atoms with van der Waals surface area (Å²) in [7, 11) is 0. The summed E-state index contributed by atoms with van der Waals surface area (Å²) in [6.45, 7) is 6.75. The number of halogens is 3. The van der Waals surface area contributed by atoms with Crippen molar-refractivity contribution in [1.82, 2.24) is 10.2 Å². The number of nitrogens with zero attached hydrogens (tertiary/aromatic N) is 1. The predicted molar refractivity (Wildman–Crippen MR) is 135 cm³/mol. The lowest BCUT2D eigenvalue weighted by Crippen LogP contribution is -2.48. The second-order valence-electron chi connectivity index (χ2n) is 7.66. The SMILES string of the molecule is CC(C)CNC(=O)[C@@H](C)N(Cc1cccc(Br)c1)C(=O)CSCc1c(Cl)cccc1Cl. The molecule has 2 rings (SSSR count). The molecule has 0 saturated carbocycles. The molecule has 168 valence electrons. The average Bonchev–Trinajstić information content (AvgIpc) is 2.71. The second-order valence-corrected chi connectivity index (χ2v) is 10.4. The first-order valence-corrected chi connectivity index (χ1v) is 12.7. The molecule has 8 heteroatoms. The molecule has 0 fully saturated rings. The second kappa shape index (κ2) is 12.7. The van der Waals surface area contributed by atoms with Gasteiger partial charge in [-0.2, -0.15) is 0 Å². The molecule has 0 aromatic heterocycles. The number of carbonyl (C=O) groups is 2. The fraction of sp³-hybridized carbons (Fsp3) is 0.391. The third-order valence-corrected chi connectivity index (χ3v) is 6.77. The van der Waals surface area contributed by atoms with Crippen LogP contribution in [0, 0.1) is 5.92 Å². The van der Waals surface area contributed by atoms with E-state index in [4.69, 9.17) is 23.2 Å². The zero-order valence-corrected chi connectivity index (χ0v) is 21.7. The molecule has 0 aliphatic carbocycles. The molecule has 0 heterocycles. The van der Waals surface area contributed by atoms with Gasteiger partial charge < -0.3 is 10.2 Å². The zero-order chi connectivity index (χ0) is 23.0. The highest BCUT2D eigenvalue weighted by Gasteiger charge is 2.26. The van der Waals surface area contributed by atoms with Crippen LogP contribution in [0.1, 0.15) is 31.9 Å². The van der Waals surface area contributed by atoms with Crippen LogP contribution in [0.5, 0.6) is 0 Å². The van der Waals surface area contributed by atoms with Crippen LogP contribution in [0.25, 0.3) is 0 Å². The van der Waals surface area contributed by atoms with Crippen LogP contribution >= 0.6 is 50.9 Å². The molecule has 31 heavy (non-hydrogen) atoms. The van der Waals surface area contributed by atoms with Crippen LogP contribution in [0.3, 0.4) is 0 Å². The minimum absolute atomic E-state index is 0.111. The van der Waals surface area contributed by atoms with E-state index in [0.29, 0.717) is 34.8 Å². The zero-order valence-electron chi connectivity index (χ0n) is 17.8. The van der Waals surface area contributed by atoms with Gasteiger partial charge in [-0.05, 0) is 48.2 Å². The van der Waals surface area contributed by atoms with Crippen molar-refractivity contribution in [3.8, 4) is 0 Å². The van der Waals surface area contributed by atoms with Crippen LogP contribution in [0.4, 0.5) is 0 Å². The maximum Gasteiger partial charge on any atom is 0.242 e. The minimum Gasteiger partial charge on any atom is -0.354 e. The molecule has 0 spiro atoms. The molecule has 0 radical (unpaired) electrons. The molecular weight excluding hydrogens is 519 g/mol. The highest BCUT2D eigenvalue weighted by molar-refractivity contribution is 9.10. The van der Waals surface area contributed by atoms with Crippen molar-refractivity contribution in [1.29, 1.82) is 0 Å².